The number of aliphatic hydroxyl groups is 1. The lowest BCUT2D eigenvalue weighted by molar-refractivity contribution is 0.224. The Labute approximate surface area is 118 Å². The minimum absolute atomic E-state index is 0.116. The molecule has 2 aromatic carbocycles. The minimum atomic E-state index is -3.66. The number of anilines is 2. The van der Waals surface area contributed by atoms with E-state index in [2.05, 4.69) is 5.32 Å². The van der Waals surface area contributed by atoms with Crippen molar-refractivity contribution in [3.63, 3.8) is 0 Å². The van der Waals surface area contributed by atoms with E-state index in [0.29, 0.717) is 11.4 Å². The van der Waals surface area contributed by atoms with Crippen molar-refractivity contribution in [2.45, 2.75) is 22.9 Å². The summed E-state index contributed by atoms with van der Waals surface area (Å²) in [7, 11) is -3.66. The van der Waals surface area contributed by atoms with Crippen LogP contribution in [-0.2, 0) is 9.84 Å². The zero-order valence-electron chi connectivity index (χ0n) is 10.9. The number of benzene rings is 2. The maximum atomic E-state index is 12.6. The third-order valence-corrected chi connectivity index (χ3v) is 4.56. The van der Waals surface area contributed by atoms with E-state index in [1.807, 2.05) is 0 Å². The molecule has 4 N–H and O–H groups in total. The zero-order valence-corrected chi connectivity index (χ0v) is 11.8. The maximum Gasteiger partial charge on any atom is 0.208 e. The van der Waals surface area contributed by atoms with Crippen LogP contribution in [-0.4, -0.2) is 19.8 Å². The molecule has 0 heterocycles. The Morgan fingerprint density at radius 2 is 1.70 bits per heavy atom. The lowest BCUT2D eigenvalue weighted by Crippen LogP contribution is -2.16. The van der Waals surface area contributed by atoms with Gasteiger partial charge in [-0.25, -0.2) is 8.42 Å². The van der Waals surface area contributed by atoms with Crippen molar-refractivity contribution in [1.29, 1.82) is 0 Å². The number of para-hydroxylation sites is 1. The molecule has 0 fully saturated rings. The van der Waals surface area contributed by atoms with Crippen molar-refractivity contribution in [3.05, 3.63) is 48.5 Å². The van der Waals surface area contributed by atoms with Crippen LogP contribution in [0.2, 0.25) is 0 Å². The van der Waals surface area contributed by atoms with Crippen LogP contribution in [0.3, 0.4) is 0 Å². The van der Waals surface area contributed by atoms with Gasteiger partial charge in [-0.15, -0.1) is 0 Å². The largest absolute Gasteiger partial charge is 0.399 e. The monoisotopic (exact) mass is 292 g/mol. The van der Waals surface area contributed by atoms with E-state index in [1.165, 1.54) is 37.3 Å². The lowest BCUT2D eigenvalue weighted by Gasteiger charge is -2.14. The van der Waals surface area contributed by atoms with Gasteiger partial charge in [-0.05, 0) is 43.3 Å². The molecular formula is C14H16N2O3S. The van der Waals surface area contributed by atoms with Crippen LogP contribution < -0.4 is 11.1 Å². The number of aliphatic hydroxyl groups excluding tert-OH is 1. The third kappa shape index (κ3) is 2.92. The van der Waals surface area contributed by atoms with Crippen LogP contribution in [0.4, 0.5) is 11.4 Å². The average Bonchev–Trinajstić information content (AvgIpc) is 2.39. The fourth-order valence-electron chi connectivity index (χ4n) is 1.82. The van der Waals surface area contributed by atoms with Crippen LogP contribution in [0.5, 0.6) is 0 Å². The summed E-state index contributed by atoms with van der Waals surface area (Å²) in [6.45, 7) is 1.52. The first-order valence-corrected chi connectivity index (χ1v) is 7.54. The fraction of sp³-hybridized carbons (Fsp3) is 0.143. The van der Waals surface area contributed by atoms with Crippen LogP contribution in [0.1, 0.15) is 6.92 Å². The molecule has 0 aromatic heterocycles. The fourth-order valence-corrected chi connectivity index (χ4v) is 3.24. The minimum Gasteiger partial charge on any atom is -0.399 e. The number of nitrogens with two attached hydrogens (primary N) is 1. The number of rotatable bonds is 4. The molecule has 1 unspecified atom stereocenters. The summed E-state index contributed by atoms with van der Waals surface area (Å²) in [6.07, 6.45) is -0.849. The predicted octanol–water partition coefficient (Wildman–Crippen LogP) is 1.85. The van der Waals surface area contributed by atoms with Gasteiger partial charge in [0, 0.05) is 5.69 Å². The Morgan fingerprint density at radius 1 is 1.10 bits per heavy atom. The number of hydrogen-bond acceptors (Lipinski definition) is 5. The SMILES string of the molecule is CC(O)Nc1ccccc1S(=O)(=O)c1ccc(N)cc1. The third-order valence-electron chi connectivity index (χ3n) is 2.73. The smallest absolute Gasteiger partial charge is 0.208 e. The first kappa shape index (κ1) is 14.4. The Balaban J connectivity index is 2.52. The van der Waals surface area contributed by atoms with Crippen molar-refractivity contribution < 1.29 is 13.5 Å². The van der Waals surface area contributed by atoms with Gasteiger partial charge in [0.05, 0.1) is 15.5 Å². The first-order valence-electron chi connectivity index (χ1n) is 6.05. The molecule has 0 aliphatic carbocycles. The summed E-state index contributed by atoms with van der Waals surface area (Å²) in [5, 5.41) is 12.1. The van der Waals surface area contributed by atoms with E-state index >= 15 is 0 Å². The van der Waals surface area contributed by atoms with Crippen molar-refractivity contribution >= 4 is 21.2 Å². The molecule has 6 heteroatoms. The molecule has 0 radical (unpaired) electrons. The van der Waals surface area contributed by atoms with Gasteiger partial charge in [0.25, 0.3) is 0 Å². The van der Waals surface area contributed by atoms with Gasteiger partial charge in [0.15, 0.2) is 0 Å². The normalized spacial score (nSPS) is 12.9. The van der Waals surface area contributed by atoms with Crippen molar-refractivity contribution in [1.82, 2.24) is 0 Å². The second kappa shape index (κ2) is 5.52. The Morgan fingerprint density at radius 3 is 2.30 bits per heavy atom. The van der Waals surface area contributed by atoms with Gasteiger partial charge in [-0.2, -0.15) is 0 Å². The summed E-state index contributed by atoms with van der Waals surface area (Å²) in [4.78, 5) is 0.275. The summed E-state index contributed by atoms with van der Waals surface area (Å²) in [6, 6.07) is 12.4. The molecule has 0 aliphatic rings. The van der Waals surface area contributed by atoms with E-state index in [1.54, 1.807) is 18.2 Å². The lowest BCUT2D eigenvalue weighted by atomic mass is 10.3. The number of sulfone groups is 1. The molecule has 1 atom stereocenters. The van der Waals surface area contributed by atoms with Gasteiger partial charge >= 0.3 is 0 Å². The van der Waals surface area contributed by atoms with Gasteiger partial charge in [0.1, 0.15) is 6.23 Å². The van der Waals surface area contributed by atoms with E-state index < -0.39 is 16.1 Å². The highest BCUT2D eigenvalue weighted by Crippen LogP contribution is 2.28. The number of nitrogen functional groups attached to an aromatic ring is 1. The highest BCUT2D eigenvalue weighted by Gasteiger charge is 2.21. The van der Waals surface area contributed by atoms with Crippen LogP contribution in [0.15, 0.2) is 58.3 Å². The van der Waals surface area contributed by atoms with Gasteiger partial charge < -0.3 is 16.2 Å². The highest BCUT2D eigenvalue weighted by atomic mass is 32.2. The summed E-state index contributed by atoms with van der Waals surface area (Å²) in [5.41, 5.74) is 6.42. The van der Waals surface area contributed by atoms with Gasteiger partial charge in [-0.3, -0.25) is 0 Å². The van der Waals surface area contributed by atoms with E-state index in [9.17, 15) is 13.5 Å². The van der Waals surface area contributed by atoms with Crippen molar-refractivity contribution in [2.75, 3.05) is 11.1 Å². The Hall–Kier alpha value is -2.05. The number of hydrogen-bond donors (Lipinski definition) is 3. The number of nitrogens with one attached hydrogen (secondary N) is 1. The van der Waals surface area contributed by atoms with E-state index in [-0.39, 0.29) is 9.79 Å². The zero-order chi connectivity index (χ0) is 14.8. The first-order chi connectivity index (χ1) is 9.41. The molecule has 106 valence electrons. The molecule has 2 aromatic rings. The second-order valence-corrected chi connectivity index (χ2v) is 6.31. The quantitative estimate of drug-likeness (QED) is 0.591. The topological polar surface area (TPSA) is 92.4 Å². The summed E-state index contributed by atoms with van der Waals surface area (Å²) in [5.74, 6) is 0. The average molecular weight is 292 g/mol. The standard InChI is InChI=1S/C14H16N2O3S/c1-10(17)16-13-4-2-3-5-14(13)20(18,19)12-8-6-11(15)7-9-12/h2-10,16-17H,15H2,1H3. The molecule has 0 saturated carbocycles. The van der Waals surface area contributed by atoms with Crippen molar-refractivity contribution in [3.8, 4) is 0 Å². The molecule has 20 heavy (non-hydrogen) atoms. The Kier molecular flexibility index (Phi) is 3.96. The summed E-state index contributed by atoms with van der Waals surface area (Å²) >= 11 is 0. The summed E-state index contributed by atoms with van der Waals surface area (Å²) < 4.78 is 25.2. The molecule has 5 nitrogen and oxygen atoms in total. The molecule has 0 saturated heterocycles. The molecule has 0 spiro atoms. The van der Waals surface area contributed by atoms with Gasteiger partial charge in [-0.1, -0.05) is 12.1 Å². The molecule has 0 aliphatic heterocycles. The maximum absolute atomic E-state index is 12.6. The van der Waals surface area contributed by atoms with Crippen molar-refractivity contribution in [2.24, 2.45) is 0 Å². The molecule has 0 amide bonds. The van der Waals surface area contributed by atoms with Crippen LogP contribution in [0.25, 0.3) is 0 Å². The second-order valence-electron chi connectivity index (χ2n) is 4.39. The van der Waals surface area contributed by atoms with Crippen LogP contribution >= 0.6 is 0 Å². The molecule has 2 rings (SSSR count). The van der Waals surface area contributed by atoms with Gasteiger partial charge in [0.2, 0.25) is 9.84 Å². The Bertz CT molecular complexity index is 695. The van der Waals surface area contributed by atoms with Crippen LogP contribution in [0, 0.1) is 0 Å². The van der Waals surface area contributed by atoms with E-state index in [0.717, 1.165) is 0 Å². The highest BCUT2D eigenvalue weighted by molar-refractivity contribution is 7.91. The molecule has 0 bridgehead atoms. The molecular weight excluding hydrogens is 276 g/mol. The predicted molar refractivity (Wildman–Crippen MR) is 78.1 cm³/mol. The van der Waals surface area contributed by atoms with E-state index in [4.69, 9.17) is 5.73 Å².